The van der Waals surface area contributed by atoms with E-state index in [1.165, 1.54) is 11.3 Å². The number of nitrogens with zero attached hydrogens (tertiary/aromatic N) is 4. The third-order valence-corrected chi connectivity index (χ3v) is 7.39. The molecule has 4 aromatic rings. The van der Waals surface area contributed by atoms with Crippen molar-refractivity contribution in [3.05, 3.63) is 70.3 Å². The molecule has 0 saturated carbocycles. The first-order valence-corrected chi connectivity index (χ1v) is 12.5. The van der Waals surface area contributed by atoms with Gasteiger partial charge in [-0.1, -0.05) is 23.7 Å². The van der Waals surface area contributed by atoms with Gasteiger partial charge in [0.1, 0.15) is 0 Å². The highest BCUT2D eigenvalue weighted by atomic mass is 35.5. The Morgan fingerprint density at radius 1 is 1.06 bits per heavy atom. The van der Waals surface area contributed by atoms with Crippen molar-refractivity contribution >= 4 is 56.9 Å². The fraction of sp³-hybridized carbons (Fsp3) is 0.240. The van der Waals surface area contributed by atoms with E-state index < -0.39 is 0 Å². The van der Waals surface area contributed by atoms with Crippen molar-refractivity contribution in [1.82, 2.24) is 14.5 Å². The molecule has 1 fully saturated rings. The van der Waals surface area contributed by atoms with Crippen LogP contribution in [-0.2, 0) is 11.3 Å². The molecule has 0 spiro atoms. The van der Waals surface area contributed by atoms with Gasteiger partial charge < -0.3 is 24.8 Å². The zero-order valence-corrected chi connectivity index (χ0v) is 20.4. The summed E-state index contributed by atoms with van der Waals surface area (Å²) in [6.07, 6.45) is 5.63. The van der Waals surface area contributed by atoms with Crippen LogP contribution in [0.3, 0.4) is 0 Å². The number of nitrogens with one attached hydrogen (secondary N) is 1. The number of benzene rings is 1. The monoisotopic (exact) mass is 509 g/mol. The second-order valence-electron chi connectivity index (χ2n) is 8.30. The Labute approximate surface area is 211 Å². The maximum atomic E-state index is 12.8. The molecule has 3 aromatic heterocycles. The Kier molecular flexibility index (Phi) is 6.61. The van der Waals surface area contributed by atoms with E-state index in [-0.39, 0.29) is 24.1 Å². The summed E-state index contributed by atoms with van der Waals surface area (Å²) in [7, 11) is 0. The molecule has 5 rings (SSSR count). The minimum atomic E-state index is -0.289. The zero-order chi connectivity index (χ0) is 24.4. The number of fused-ring (bicyclic) bond motifs is 1. The molecule has 2 N–H and O–H groups in total. The number of halogens is 1. The molecule has 4 heterocycles. The van der Waals surface area contributed by atoms with E-state index in [1.54, 1.807) is 41.4 Å². The number of aromatic hydroxyl groups is 1. The third kappa shape index (κ3) is 4.96. The van der Waals surface area contributed by atoms with Crippen LogP contribution in [0.5, 0.6) is 5.88 Å². The maximum Gasteiger partial charge on any atom is 0.265 e. The first-order chi connectivity index (χ1) is 17.0. The Bertz CT molecular complexity index is 1360. The molecule has 10 heteroatoms. The van der Waals surface area contributed by atoms with Crippen LogP contribution in [0.2, 0.25) is 4.34 Å². The van der Waals surface area contributed by atoms with E-state index in [0.717, 1.165) is 24.2 Å². The molecule has 1 aromatic carbocycles. The number of carbonyl (C=O) groups is 2. The number of pyridine rings is 1. The van der Waals surface area contributed by atoms with E-state index in [9.17, 15) is 14.7 Å². The number of hydrogen-bond acceptors (Lipinski definition) is 6. The number of piperazine rings is 1. The van der Waals surface area contributed by atoms with Gasteiger partial charge in [-0.15, -0.1) is 11.3 Å². The predicted molar refractivity (Wildman–Crippen MR) is 139 cm³/mol. The summed E-state index contributed by atoms with van der Waals surface area (Å²) < 4.78 is 2.19. The van der Waals surface area contributed by atoms with Crippen molar-refractivity contribution in [2.45, 2.75) is 13.0 Å². The van der Waals surface area contributed by atoms with E-state index in [0.29, 0.717) is 39.9 Å². The van der Waals surface area contributed by atoms with Gasteiger partial charge in [-0.2, -0.15) is 0 Å². The summed E-state index contributed by atoms with van der Waals surface area (Å²) in [4.78, 5) is 34.1. The second-order valence-corrected chi connectivity index (χ2v) is 10.0. The number of aryl methyl sites for hydroxylation is 1. The molecule has 1 saturated heterocycles. The highest BCUT2D eigenvalue weighted by molar-refractivity contribution is 7.18. The van der Waals surface area contributed by atoms with Crippen LogP contribution in [0.15, 0.2) is 61.1 Å². The average molecular weight is 510 g/mol. The molecule has 1 aliphatic rings. The highest BCUT2D eigenvalue weighted by Crippen LogP contribution is 2.34. The third-order valence-electron chi connectivity index (χ3n) is 6.16. The lowest BCUT2D eigenvalue weighted by Gasteiger charge is -2.36. The normalized spacial score (nSPS) is 13.9. The van der Waals surface area contributed by atoms with Gasteiger partial charge in [0.05, 0.1) is 20.3 Å². The van der Waals surface area contributed by atoms with Crippen molar-refractivity contribution in [2.75, 3.05) is 36.4 Å². The Balaban J connectivity index is 1.23. The molecule has 1 aliphatic heterocycles. The van der Waals surface area contributed by atoms with Gasteiger partial charge in [-0.05, 0) is 30.3 Å². The molecule has 0 radical (unpaired) electrons. The summed E-state index contributed by atoms with van der Waals surface area (Å²) in [6, 6.07) is 12.7. The summed E-state index contributed by atoms with van der Waals surface area (Å²) in [5.41, 5.74) is 1.62. The van der Waals surface area contributed by atoms with Gasteiger partial charge in [0, 0.05) is 68.8 Å². The number of anilines is 2. The van der Waals surface area contributed by atoms with E-state index in [4.69, 9.17) is 11.6 Å². The summed E-state index contributed by atoms with van der Waals surface area (Å²) in [5.74, 6) is -0.210. The van der Waals surface area contributed by atoms with Crippen molar-refractivity contribution < 1.29 is 14.7 Å². The van der Waals surface area contributed by atoms with Crippen LogP contribution in [0.25, 0.3) is 10.8 Å². The largest absolute Gasteiger partial charge is 0.494 e. The van der Waals surface area contributed by atoms with Crippen molar-refractivity contribution in [3.8, 4) is 5.88 Å². The first kappa shape index (κ1) is 23.2. The maximum absolute atomic E-state index is 12.8. The van der Waals surface area contributed by atoms with Crippen LogP contribution in [0, 0.1) is 0 Å². The number of carbonyl (C=O) groups excluding carboxylic acids is 2. The predicted octanol–water partition coefficient (Wildman–Crippen LogP) is 4.45. The quantitative estimate of drug-likeness (QED) is 0.401. The Morgan fingerprint density at radius 2 is 1.83 bits per heavy atom. The van der Waals surface area contributed by atoms with Crippen LogP contribution >= 0.6 is 22.9 Å². The number of hydrogen-bond donors (Lipinski definition) is 2. The first-order valence-electron chi connectivity index (χ1n) is 11.3. The summed E-state index contributed by atoms with van der Waals surface area (Å²) in [6.45, 7) is 3.20. The van der Waals surface area contributed by atoms with Gasteiger partial charge in [0.25, 0.3) is 5.91 Å². The van der Waals surface area contributed by atoms with Crippen LogP contribution in [0.1, 0.15) is 16.1 Å². The molecule has 8 nitrogen and oxygen atoms in total. The molecule has 35 heavy (non-hydrogen) atoms. The fourth-order valence-corrected chi connectivity index (χ4v) is 5.28. The summed E-state index contributed by atoms with van der Waals surface area (Å²) in [5, 5.41) is 15.1. The van der Waals surface area contributed by atoms with Crippen molar-refractivity contribution in [1.29, 1.82) is 0 Å². The number of aromatic nitrogens is 2. The lowest BCUT2D eigenvalue weighted by atomic mass is 10.2. The Hall–Kier alpha value is -3.56. The van der Waals surface area contributed by atoms with Gasteiger partial charge in [-0.3, -0.25) is 14.6 Å². The van der Waals surface area contributed by atoms with Crippen molar-refractivity contribution in [3.63, 3.8) is 0 Å². The molecule has 0 aliphatic carbocycles. The van der Waals surface area contributed by atoms with Gasteiger partial charge in [-0.25, -0.2) is 0 Å². The molecule has 0 bridgehead atoms. The average Bonchev–Trinajstić information content (AvgIpc) is 3.46. The minimum Gasteiger partial charge on any atom is -0.494 e. The van der Waals surface area contributed by atoms with E-state index in [1.807, 2.05) is 29.2 Å². The van der Waals surface area contributed by atoms with Gasteiger partial charge in [0.15, 0.2) is 0 Å². The smallest absolute Gasteiger partial charge is 0.265 e. The highest BCUT2D eigenvalue weighted by Gasteiger charge is 2.22. The summed E-state index contributed by atoms with van der Waals surface area (Å²) >= 11 is 7.13. The lowest BCUT2D eigenvalue weighted by Crippen LogP contribution is -2.48. The molecule has 0 unspecified atom stereocenters. The van der Waals surface area contributed by atoms with Crippen molar-refractivity contribution in [2.24, 2.45) is 0 Å². The SMILES string of the molecule is O=C(Nc1cccc2cn(CCC(=O)N3CCN(c4ccncc4)CC3)c(O)c12)c1ccc(Cl)s1. The lowest BCUT2D eigenvalue weighted by molar-refractivity contribution is -0.131. The van der Waals surface area contributed by atoms with Crippen LogP contribution in [-0.4, -0.2) is 57.6 Å². The standard InChI is InChI=1S/C25H24ClN5O3S/c26-21-5-4-20(35-21)24(33)28-19-3-1-2-17-16-31(25(34)23(17)19)11-8-22(32)30-14-12-29(13-15-30)18-6-9-27-10-7-18/h1-7,9-10,16,34H,8,11-15H2,(H,28,33). The van der Waals surface area contributed by atoms with Gasteiger partial charge >= 0.3 is 0 Å². The van der Waals surface area contributed by atoms with Crippen LogP contribution < -0.4 is 10.2 Å². The fourth-order valence-electron chi connectivity index (χ4n) is 4.34. The molecule has 0 atom stereocenters. The molecular weight excluding hydrogens is 486 g/mol. The van der Waals surface area contributed by atoms with E-state index in [2.05, 4.69) is 15.2 Å². The Morgan fingerprint density at radius 3 is 2.54 bits per heavy atom. The van der Waals surface area contributed by atoms with Gasteiger partial charge in [0.2, 0.25) is 11.8 Å². The second kappa shape index (κ2) is 9.97. The molecule has 2 amide bonds. The molecule has 180 valence electrons. The zero-order valence-electron chi connectivity index (χ0n) is 18.9. The number of amides is 2. The van der Waals surface area contributed by atoms with E-state index >= 15 is 0 Å². The number of thiophene rings is 1. The topological polar surface area (TPSA) is 90.7 Å². The molecular formula is C25H24ClN5O3S. The number of rotatable bonds is 6. The minimum absolute atomic E-state index is 0.0235. The van der Waals surface area contributed by atoms with Crippen LogP contribution in [0.4, 0.5) is 11.4 Å².